The molecule has 0 aliphatic carbocycles. The molecule has 30 heavy (non-hydrogen) atoms. The zero-order valence-corrected chi connectivity index (χ0v) is 18.7. The van der Waals surface area contributed by atoms with E-state index in [0.29, 0.717) is 13.0 Å². The second kappa shape index (κ2) is 9.62. The zero-order chi connectivity index (χ0) is 21.7. The van der Waals surface area contributed by atoms with Gasteiger partial charge in [-0.1, -0.05) is 37.3 Å². The number of methoxy groups -OCH3 is 1. The van der Waals surface area contributed by atoms with Gasteiger partial charge in [0.15, 0.2) is 9.84 Å². The smallest absolute Gasteiger partial charge is 0.238 e. The highest BCUT2D eigenvalue weighted by Gasteiger charge is 2.33. The van der Waals surface area contributed by atoms with Crippen molar-refractivity contribution in [3.05, 3.63) is 59.2 Å². The van der Waals surface area contributed by atoms with Gasteiger partial charge in [-0.25, -0.2) is 8.42 Å². The highest BCUT2D eigenvalue weighted by Crippen LogP contribution is 2.23. The monoisotopic (exact) mass is 430 g/mol. The Morgan fingerprint density at radius 1 is 1.20 bits per heavy atom. The number of hydrogen-bond donors (Lipinski definition) is 1. The second-order valence-electron chi connectivity index (χ2n) is 7.82. The predicted molar refractivity (Wildman–Crippen MR) is 120 cm³/mol. The van der Waals surface area contributed by atoms with Crippen molar-refractivity contribution in [2.24, 2.45) is 0 Å². The Balaban J connectivity index is 1.77. The Labute approximate surface area is 179 Å². The van der Waals surface area contributed by atoms with E-state index in [1.807, 2.05) is 54.3 Å². The molecule has 0 aromatic heterocycles. The Morgan fingerprint density at radius 3 is 2.53 bits per heavy atom. The summed E-state index contributed by atoms with van der Waals surface area (Å²) < 4.78 is 29.3. The third kappa shape index (κ3) is 5.61. The van der Waals surface area contributed by atoms with Crippen molar-refractivity contribution in [1.29, 1.82) is 0 Å². The molecule has 0 spiro atoms. The van der Waals surface area contributed by atoms with Crippen molar-refractivity contribution >= 4 is 21.4 Å². The molecule has 6 nitrogen and oxygen atoms in total. The van der Waals surface area contributed by atoms with E-state index in [2.05, 4.69) is 12.2 Å². The molecule has 0 saturated carbocycles. The Kier molecular flexibility index (Phi) is 7.15. The van der Waals surface area contributed by atoms with Gasteiger partial charge in [0.2, 0.25) is 5.91 Å². The minimum absolute atomic E-state index is 0.0982. The van der Waals surface area contributed by atoms with E-state index >= 15 is 0 Å². The maximum atomic E-state index is 12.9. The number of sulfone groups is 1. The van der Waals surface area contributed by atoms with Crippen molar-refractivity contribution in [1.82, 2.24) is 4.90 Å². The summed E-state index contributed by atoms with van der Waals surface area (Å²) in [4.78, 5) is 14.9. The lowest BCUT2D eigenvalue weighted by molar-refractivity contribution is -0.117. The lowest BCUT2D eigenvalue weighted by Gasteiger charge is -2.28. The number of nitrogens with one attached hydrogen (secondary N) is 1. The second-order valence-corrected chi connectivity index (χ2v) is 10.0. The number of amides is 1. The predicted octanol–water partition coefficient (Wildman–Crippen LogP) is 3.19. The number of carbonyl (C=O) groups is 1. The molecule has 2 aromatic carbocycles. The van der Waals surface area contributed by atoms with Crippen molar-refractivity contribution in [3.63, 3.8) is 0 Å². The summed E-state index contributed by atoms with van der Waals surface area (Å²) in [6, 6.07) is 13.5. The number of rotatable bonds is 8. The van der Waals surface area contributed by atoms with Crippen LogP contribution in [0.1, 0.15) is 30.0 Å². The molecular formula is C23H30N2O4S. The Hall–Kier alpha value is -2.38. The molecule has 1 fully saturated rings. The fourth-order valence-corrected chi connectivity index (χ4v) is 5.67. The number of carbonyl (C=O) groups excluding carboxylic acids is 1. The molecule has 1 aliphatic rings. The molecule has 0 bridgehead atoms. The SMILES string of the molecule is CCc1cccc(C)c1NC(=O)CN(Cc1ccc(OC)cc1)C1CCS(=O)(=O)C1. The Bertz CT molecular complexity index is 987. The number of nitrogens with zero attached hydrogens (tertiary/aromatic N) is 1. The topological polar surface area (TPSA) is 75.7 Å². The molecule has 0 radical (unpaired) electrons. The standard InChI is InChI=1S/C23H30N2O4S/c1-4-19-7-5-6-17(2)23(19)24-22(26)15-25(20-12-13-30(27,28)16-20)14-18-8-10-21(29-3)11-9-18/h5-11,20H,4,12-16H2,1-3H3,(H,24,26). The van der Waals surface area contributed by atoms with Crippen LogP contribution in [0.3, 0.4) is 0 Å². The first-order valence-electron chi connectivity index (χ1n) is 10.3. The van der Waals surface area contributed by atoms with Gasteiger partial charge < -0.3 is 10.1 Å². The van der Waals surface area contributed by atoms with Crippen molar-refractivity contribution in [2.45, 2.75) is 39.3 Å². The first-order chi connectivity index (χ1) is 14.3. The molecule has 1 N–H and O–H groups in total. The summed E-state index contributed by atoms with van der Waals surface area (Å²) in [6.07, 6.45) is 1.38. The van der Waals surface area contributed by atoms with E-state index in [-0.39, 0.29) is 30.0 Å². The van der Waals surface area contributed by atoms with Crippen LogP contribution in [-0.4, -0.2) is 50.4 Å². The average Bonchev–Trinajstić information content (AvgIpc) is 3.09. The van der Waals surface area contributed by atoms with E-state index < -0.39 is 9.84 Å². The quantitative estimate of drug-likeness (QED) is 0.696. The van der Waals surface area contributed by atoms with Crippen LogP contribution in [0.15, 0.2) is 42.5 Å². The van der Waals surface area contributed by atoms with Gasteiger partial charge in [0.05, 0.1) is 25.2 Å². The van der Waals surface area contributed by atoms with Crippen molar-refractivity contribution in [2.75, 3.05) is 30.5 Å². The van der Waals surface area contributed by atoms with Crippen LogP contribution < -0.4 is 10.1 Å². The van der Waals surface area contributed by atoms with Crippen molar-refractivity contribution < 1.29 is 17.9 Å². The van der Waals surface area contributed by atoms with Gasteiger partial charge in [-0.2, -0.15) is 0 Å². The largest absolute Gasteiger partial charge is 0.497 e. The van der Waals surface area contributed by atoms with Crippen LogP contribution in [0.25, 0.3) is 0 Å². The van der Waals surface area contributed by atoms with Crippen LogP contribution in [0.2, 0.25) is 0 Å². The number of ether oxygens (including phenoxy) is 1. The van der Waals surface area contributed by atoms with E-state index in [9.17, 15) is 13.2 Å². The van der Waals surface area contributed by atoms with E-state index in [1.54, 1.807) is 7.11 Å². The van der Waals surface area contributed by atoms with Crippen LogP contribution >= 0.6 is 0 Å². The van der Waals surface area contributed by atoms with Gasteiger partial charge in [0.25, 0.3) is 0 Å². The maximum absolute atomic E-state index is 12.9. The molecule has 1 heterocycles. The average molecular weight is 431 g/mol. The summed E-state index contributed by atoms with van der Waals surface area (Å²) in [7, 11) is -1.43. The third-order valence-electron chi connectivity index (χ3n) is 5.62. The van der Waals surface area contributed by atoms with Gasteiger partial charge in [-0.15, -0.1) is 0 Å². The minimum atomic E-state index is -3.05. The fraction of sp³-hybridized carbons (Fsp3) is 0.435. The van der Waals surface area contributed by atoms with E-state index in [0.717, 1.165) is 34.5 Å². The molecule has 1 atom stereocenters. The highest BCUT2D eigenvalue weighted by molar-refractivity contribution is 7.91. The number of para-hydroxylation sites is 1. The first-order valence-corrected chi connectivity index (χ1v) is 12.1. The number of aryl methyl sites for hydroxylation is 2. The summed E-state index contributed by atoms with van der Waals surface area (Å²) in [5, 5.41) is 3.06. The minimum Gasteiger partial charge on any atom is -0.497 e. The lowest BCUT2D eigenvalue weighted by atomic mass is 10.1. The molecule has 2 aromatic rings. The van der Waals surface area contributed by atoms with E-state index in [4.69, 9.17) is 4.74 Å². The number of hydrogen-bond acceptors (Lipinski definition) is 5. The molecule has 1 saturated heterocycles. The lowest BCUT2D eigenvalue weighted by Crippen LogP contribution is -2.41. The Morgan fingerprint density at radius 2 is 1.93 bits per heavy atom. The van der Waals surface area contributed by atoms with Gasteiger partial charge >= 0.3 is 0 Å². The van der Waals surface area contributed by atoms with Gasteiger partial charge in [0, 0.05) is 18.3 Å². The molecule has 1 unspecified atom stereocenters. The first kappa shape index (κ1) is 22.3. The zero-order valence-electron chi connectivity index (χ0n) is 17.8. The molecule has 1 aliphatic heterocycles. The van der Waals surface area contributed by atoms with Gasteiger partial charge in [0.1, 0.15) is 5.75 Å². The fourth-order valence-electron chi connectivity index (χ4n) is 3.91. The van der Waals surface area contributed by atoms with Crippen LogP contribution in [-0.2, 0) is 27.6 Å². The molecule has 3 rings (SSSR count). The normalized spacial score (nSPS) is 17.8. The van der Waals surface area contributed by atoms with Crippen LogP contribution in [0.4, 0.5) is 5.69 Å². The van der Waals surface area contributed by atoms with Gasteiger partial charge in [-0.05, 0) is 48.6 Å². The van der Waals surface area contributed by atoms with Crippen LogP contribution in [0.5, 0.6) is 5.75 Å². The summed E-state index contributed by atoms with van der Waals surface area (Å²) in [5.74, 6) is 0.909. The summed E-state index contributed by atoms with van der Waals surface area (Å²) in [5.41, 5.74) is 3.98. The molecule has 162 valence electrons. The van der Waals surface area contributed by atoms with Crippen molar-refractivity contribution in [3.8, 4) is 5.75 Å². The molecule has 7 heteroatoms. The molecular weight excluding hydrogens is 400 g/mol. The third-order valence-corrected chi connectivity index (χ3v) is 7.37. The van der Waals surface area contributed by atoms with Crippen LogP contribution in [0, 0.1) is 6.92 Å². The van der Waals surface area contributed by atoms with E-state index in [1.165, 1.54) is 0 Å². The number of anilines is 1. The summed E-state index contributed by atoms with van der Waals surface area (Å²) >= 11 is 0. The highest BCUT2D eigenvalue weighted by atomic mass is 32.2. The maximum Gasteiger partial charge on any atom is 0.238 e. The van der Waals surface area contributed by atoms with Gasteiger partial charge in [-0.3, -0.25) is 9.69 Å². The summed E-state index contributed by atoms with van der Waals surface area (Å²) in [6.45, 7) is 4.69. The number of benzene rings is 2. The molecule has 1 amide bonds.